The standard InChI is InChI=1S/C19H18N4O3S/c1-11-17(12-4-7-14(24)8-5-12)22-23-18(20-21-19(23)27-11)13-6-9-15(25-2)16(10-13)26-3/h4-11,24H,1-3H3/t11-/m0/s1. The lowest BCUT2D eigenvalue weighted by Gasteiger charge is -2.20. The van der Waals surface area contributed by atoms with E-state index in [9.17, 15) is 5.11 Å². The first-order chi connectivity index (χ1) is 13.1. The Hall–Kier alpha value is -3.00. The van der Waals surface area contributed by atoms with Crippen LogP contribution < -0.4 is 9.47 Å². The van der Waals surface area contributed by atoms with Crippen molar-refractivity contribution in [2.75, 3.05) is 14.2 Å². The Balaban J connectivity index is 1.80. The summed E-state index contributed by atoms with van der Waals surface area (Å²) in [5, 5.41) is 23.8. The summed E-state index contributed by atoms with van der Waals surface area (Å²) in [4.78, 5) is 0. The summed E-state index contributed by atoms with van der Waals surface area (Å²) in [6, 6.07) is 12.6. The molecule has 8 heteroatoms. The zero-order valence-electron chi connectivity index (χ0n) is 15.1. The fourth-order valence-electron chi connectivity index (χ4n) is 2.91. The molecule has 0 unspecified atom stereocenters. The molecular formula is C19H18N4O3S. The van der Waals surface area contributed by atoms with Crippen molar-refractivity contribution >= 4 is 17.5 Å². The van der Waals surface area contributed by atoms with Gasteiger partial charge in [-0.25, -0.2) is 0 Å². The quantitative estimate of drug-likeness (QED) is 0.745. The minimum Gasteiger partial charge on any atom is -0.508 e. The number of aromatic nitrogens is 3. The minimum atomic E-state index is 0.115. The van der Waals surface area contributed by atoms with E-state index in [0.717, 1.165) is 22.0 Å². The van der Waals surface area contributed by atoms with Crippen molar-refractivity contribution in [2.24, 2.45) is 5.10 Å². The van der Waals surface area contributed by atoms with Crippen LogP contribution in [0.4, 0.5) is 0 Å². The monoisotopic (exact) mass is 382 g/mol. The van der Waals surface area contributed by atoms with Crippen LogP contribution in [0.5, 0.6) is 17.2 Å². The van der Waals surface area contributed by atoms with Gasteiger partial charge in [-0.15, -0.1) is 10.2 Å². The Kier molecular flexibility index (Phi) is 4.49. The van der Waals surface area contributed by atoms with Crippen molar-refractivity contribution in [2.45, 2.75) is 17.3 Å². The molecule has 0 spiro atoms. The number of thioether (sulfide) groups is 1. The molecule has 27 heavy (non-hydrogen) atoms. The topological polar surface area (TPSA) is 81.8 Å². The Labute approximate surface area is 160 Å². The van der Waals surface area contributed by atoms with Crippen LogP contribution in [0.25, 0.3) is 11.4 Å². The first kappa shape index (κ1) is 17.4. The normalized spacial score (nSPS) is 15.8. The van der Waals surface area contributed by atoms with E-state index in [1.54, 1.807) is 42.8 Å². The largest absolute Gasteiger partial charge is 0.508 e. The number of phenolic OH excluding ortho intramolecular Hbond substituents is 1. The second-order valence-corrected chi connectivity index (χ2v) is 7.29. The van der Waals surface area contributed by atoms with Crippen LogP contribution in [-0.4, -0.2) is 45.2 Å². The van der Waals surface area contributed by atoms with Crippen LogP contribution in [0.15, 0.2) is 52.7 Å². The van der Waals surface area contributed by atoms with Crippen molar-refractivity contribution in [3.8, 4) is 28.6 Å². The van der Waals surface area contributed by atoms with E-state index < -0.39 is 0 Å². The minimum absolute atomic E-state index is 0.115. The Morgan fingerprint density at radius 2 is 1.67 bits per heavy atom. The van der Waals surface area contributed by atoms with Crippen LogP contribution in [0.1, 0.15) is 12.5 Å². The molecule has 2 aromatic carbocycles. The Morgan fingerprint density at radius 1 is 0.963 bits per heavy atom. The van der Waals surface area contributed by atoms with Crippen molar-refractivity contribution in [1.29, 1.82) is 0 Å². The smallest absolute Gasteiger partial charge is 0.213 e. The molecule has 1 aliphatic rings. The average molecular weight is 382 g/mol. The molecule has 3 aromatic rings. The van der Waals surface area contributed by atoms with Crippen LogP contribution in [0.2, 0.25) is 0 Å². The fourth-order valence-corrected chi connectivity index (χ4v) is 3.84. The predicted octanol–water partition coefficient (Wildman–Crippen LogP) is 3.41. The van der Waals surface area contributed by atoms with Gasteiger partial charge in [-0.1, -0.05) is 11.8 Å². The van der Waals surface area contributed by atoms with Gasteiger partial charge in [-0.05, 0) is 55.0 Å². The number of benzene rings is 2. The molecule has 7 nitrogen and oxygen atoms in total. The summed E-state index contributed by atoms with van der Waals surface area (Å²) in [7, 11) is 3.20. The molecule has 0 aliphatic carbocycles. The van der Waals surface area contributed by atoms with Gasteiger partial charge in [0.05, 0.1) is 25.2 Å². The first-order valence-corrected chi connectivity index (χ1v) is 9.21. The van der Waals surface area contributed by atoms with E-state index in [1.807, 2.05) is 30.3 Å². The second kappa shape index (κ2) is 6.96. The second-order valence-electron chi connectivity index (χ2n) is 5.98. The third-order valence-electron chi connectivity index (χ3n) is 4.29. The number of hydrogen-bond acceptors (Lipinski definition) is 7. The summed E-state index contributed by atoms with van der Waals surface area (Å²) in [5.74, 6) is 2.12. The molecule has 4 rings (SSSR count). The Morgan fingerprint density at radius 3 is 2.37 bits per heavy atom. The summed E-state index contributed by atoms with van der Waals surface area (Å²) >= 11 is 1.59. The molecule has 0 saturated carbocycles. The molecule has 1 aliphatic heterocycles. The zero-order valence-corrected chi connectivity index (χ0v) is 15.9. The number of methoxy groups -OCH3 is 2. The van der Waals surface area contributed by atoms with Gasteiger partial charge in [0.2, 0.25) is 5.16 Å². The van der Waals surface area contributed by atoms with Gasteiger partial charge in [0, 0.05) is 5.56 Å². The fraction of sp³-hybridized carbons (Fsp3) is 0.211. The lowest BCUT2D eigenvalue weighted by Crippen LogP contribution is -2.21. The van der Waals surface area contributed by atoms with Gasteiger partial charge in [-0.3, -0.25) is 0 Å². The van der Waals surface area contributed by atoms with Gasteiger partial charge < -0.3 is 14.6 Å². The number of phenols is 1. The summed E-state index contributed by atoms with van der Waals surface area (Å²) < 4.78 is 12.4. The van der Waals surface area contributed by atoms with Gasteiger partial charge in [0.1, 0.15) is 5.75 Å². The average Bonchev–Trinajstić information content (AvgIpc) is 3.10. The molecule has 0 amide bonds. The maximum absolute atomic E-state index is 9.54. The third-order valence-corrected chi connectivity index (χ3v) is 5.33. The highest BCUT2D eigenvalue weighted by Crippen LogP contribution is 2.36. The van der Waals surface area contributed by atoms with E-state index in [-0.39, 0.29) is 11.0 Å². The highest BCUT2D eigenvalue weighted by molar-refractivity contribution is 8.00. The van der Waals surface area contributed by atoms with Crippen molar-refractivity contribution in [3.63, 3.8) is 0 Å². The third kappa shape index (κ3) is 3.12. The zero-order chi connectivity index (χ0) is 19.0. The molecule has 0 saturated heterocycles. The number of ether oxygens (including phenoxy) is 2. The molecule has 2 heterocycles. The van der Waals surface area contributed by atoms with Crippen molar-refractivity contribution in [1.82, 2.24) is 14.9 Å². The van der Waals surface area contributed by atoms with Crippen LogP contribution in [0.3, 0.4) is 0 Å². The maximum atomic E-state index is 9.54. The van der Waals surface area contributed by atoms with Gasteiger partial charge in [-0.2, -0.15) is 9.78 Å². The van der Waals surface area contributed by atoms with E-state index in [4.69, 9.17) is 14.6 Å². The highest BCUT2D eigenvalue weighted by Gasteiger charge is 2.26. The number of hydrogen-bond donors (Lipinski definition) is 1. The summed E-state index contributed by atoms with van der Waals surface area (Å²) in [6.07, 6.45) is 0. The van der Waals surface area contributed by atoms with Gasteiger partial charge >= 0.3 is 0 Å². The van der Waals surface area contributed by atoms with Crippen molar-refractivity contribution in [3.05, 3.63) is 48.0 Å². The lowest BCUT2D eigenvalue weighted by molar-refractivity contribution is 0.355. The van der Waals surface area contributed by atoms with Crippen molar-refractivity contribution < 1.29 is 14.6 Å². The molecule has 1 N–H and O–H groups in total. The molecular weight excluding hydrogens is 364 g/mol. The first-order valence-electron chi connectivity index (χ1n) is 8.33. The lowest BCUT2D eigenvalue weighted by atomic mass is 10.1. The van der Waals surface area contributed by atoms with Gasteiger partial charge in [0.15, 0.2) is 17.3 Å². The number of aromatic hydroxyl groups is 1. The SMILES string of the molecule is COc1ccc(-c2nnc3n2N=C(c2ccc(O)cc2)[C@H](C)S3)cc1OC. The number of rotatable bonds is 4. The molecule has 0 radical (unpaired) electrons. The van der Waals surface area contributed by atoms with Crippen LogP contribution in [0, 0.1) is 0 Å². The molecule has 138 valence electrons. The van der Waals surface area contributed by atoms with E-state index >= 15 is 0 Å². The van der Waals surface area contributed by atoms with Gasteiger partial charge in [0.25, 0.3) is 0 Å². The Bertz CT molecular complexity index is 1010. The van der Waals surface area contributed by atoms with Crippen LogP contribution in [-0.2, 0) is 0 Å². The maximum Gasteiger partial charge on any atom is 0.213 e. The molecule has 1 atom stereocenters. The number of nitrogens with zero attached hydrogens (tertiary/aromatic N) is 4. The summed E-state index contributed by atoms with van der Waals surface area (Å²) in [6.45, 7) is 2.07. The number of fused-ring (bicyclic) bond motifs is 1. The van der Waals surface area contributed by atoms with E-state index in [1.165, 1.54) is 0 Å². The molecule has 0 bridgehead atoms. The predicted molar refractivity (Wildman–Crippen MR) is 104 cm³/mol. The summed E-state index contributed by atoms with van der Waals surface area (Å²) in [5.41, 5.74) is 2.68. The van der Waals surface area contributed by atoms with Crippen LogP contribution >= 0.6 is 11.8 Å². The highest BCUT2D eigenvalue weighted by atomic mass is 32.2. The van der Waals surface area contributed by atoms with E-state index in [2.05, 4.69) is 17.1 Å². The molecule has 1 aromatic heterocycles. The molecule has 0 fully saturated rings. The van der Waals surface area contributed by atoms with E-state index in [0.29, 0.717) is 17.3 Å².